The first-order chi connectivity index (χ1) is 9.88. The first-order valence-electron chi connectivity index (χ1n) is 6.65. The summed E-state index contributed by atoms with van der Waals surface area (Å²) in [5, 5.41) is 5.66. The number of halogens is 3. The van der Waals surface area contributed by atoms with Crippen LogP contribution in [0.15, 0.2) is 18.2 Å². The Morgan fingerprint density at radius 3 is 2.86 bits per heavy atom. The van der Waals surface area contributed by atoms with Crippen LogP contribution in [-0.4, -0.2) is 31.7 Å². The maximum atomic E-state index is 12.8. The van der Waals surface area contributed by atoms with E-state index in [9.17, 15) is 18.0 Å². The van der Waals surface area contributed by atoms with Gasteiger partial charge in [0.2, 0.25) is 5.91 Å². The third-order valence-corrected chi connectivity index (χ3v) is 3.34. The van der Waals surface area contributed by atoms with E-state index in [-0.39, 0.29) is 29.6 Å². The number of carbonyl (C=O) groups excluding carboxylic acids is 1. The number of hydrogen-bond donors (Lipinski definition) is 2. The molecule has 2 rings (SSSR count). The van der Waals surface area contributed by atoms with E-state index < -0.39 is 11.7 Å². The minimum atomic E-state index is -4.43. The van der Waals surface area contributed by atoms with Crippen LogP contribution >= 0.6 is 0 Å². The van der Waals surface area contributed by atoms with E-state index in [0.29, 0.717) is 19.8 Å². The molecule has 4 nitrogen and oxygen atoms in total. The fraction of sp³-hybridized carbons (Fsp3) is 0.500. The first-order valence-corrected chi connectivity index (χ1v) is 6.65. The zero-order valence-corrected chi connectivity index (χ0v) is 11.6. The second-order valence-corrected chi connectivity index (χ2v) is 4.95. The summed E-state index contributed by atoms with van der Waals surface area (Å²) < 4.78 is 43.6. The van der Waals surface area contributed by atoms with Crippen molar-refractivity contribution in [3.63, 3.8) is 0 Å². The lowest BCUT2D eigenvalue weighted by molar-refractivity contribution is -0.138. The molecular weight excluding hydrogens is 285 g/mol. The number of alkyl halides is 3. The van der Waals surface area contributed by atoms with Gasteiger partial charge in [0, 0.05) is 24.7 Å². The van der Waals surface area contributed by atoms with Crippen molar-refractivity contribution in [1.82, 2.24) is 5.32 Å². The monoisotopic (exact) mass is 302 g/mol. The van der Waals surface area contributed by atoms with Crippen molar-refractivity contribution in [2.75, 3.05) is 25.1 Å². The van der Waals surface area contributed by atoms with Crippen molar-refractivity contribution in [2.24, 2.45) is 0 Å². The van der Waals surface area contributed by atoms with Crippen molar-refractivity contribution in [3.8, 4) is 0 Å². The van der Waals surface area contributed by atoms with Gasteiger partial charge in [0.25, 0.3) is 0 Å². The maximum absolute atomic E-state index is 12.8. The largest absolute Gasteiger partial charge is 0.416 e. The lowest BCUT2D eigenvalue weighted by atomic mass is 10.1. The van der Waals surface area contributed by atoms with Crippen LogP contribution in [-0.2, 0) is 15.7 Å². The Bertz CT molecular complexity index is 511. The van der Waals surface area contributed by atoms with Crippen LogP contribution in [0.3, 0.4) is 0 Å². The number of nitrogens with one attached hydrogen (secondary N) is 2. The van der Waals surface area contributed by atoms with Gasteiger partial charge in [-0.1, -0.05) is 6.07 Å². The molecule has 1 aromatic carbocycles. The molecule has 0 spiro atoms. The Morgan fingerprint density at radius 2 is 2.24 bits per heavy atom. The van der Waals surface area contributed by atoms with Gasteiger partial charge in [-0.05, 0) is 24.6 Å². The van der Waals surface area contributed by atoms with Gasteiger partial charge in [0.05, 0.1) is 18.8 Å². The standard InChI is InChI=1S/C14H17F3N2O2/c1-9-11(14(15,16)17)3-2-4-12(9)19-13(20)7-10-8-21-6-5-18-10/h2-4,10,18H,5-8H2,1H3,(H,19,20). The summed E-state index contributed by atoms with van der Waals surface area (Å²) >= 11 is 0. The molecule has 0 aliphatic carbocycles. The summed E-state index contributed by atoms with van der Waals surface area (Å²) in [6.07, 6.45) is -4.26. The quantitative estimate of drug-likeness (QED) is 0.901. The fourth-order valence-corrected chi connectivity index (χ4v) is 2.25. The Balaban J connectivity index is 2.03. The van der Waals surface area contributed by atoms with Crippen molar-refractivity contribution >= 4 is 11.6 Å². The molecule has 0 saturated carbocycles. The predicted molar refractivity (Wildman–Crippen MR) is 72.0 cm³/mol. The van der Waals surface area contributed by atoms with Crippen LogP contribution in [0, 0.1) is 6.92 Å². The van der Waals surface area contributed by atoms with E-state index in [1.54, 1.807) is 0 Å². The lowest BCUT2D eigenvalue weighted by Gasteiger charge is -2.23. The van der Waals surface area contributed by atoms with Crippen LogP contribution in [0.4, 0.5) is 18.9 Å². The molecule has 0 radical (unpaired) electrons. The smallest absolute Gasteiger partial charge is 0.378 e. The number of morpholine rings is 1. The molecule has 0 aromatic heterocycles. The SMILES string of the molecule is Cc1c(NC(=O)CC2COCCN2)cccc1C(F)(F)F. The molecule has 1 saturated heterocycles. The molecule has 2 N–H and O–H groups in total. The summed E-state index contributed by atoms with van der Waals surface area (Å²) in [6.45, 7) is 3.04. The summed E-state index contributed by atoms with van der Waals surface area (Å²) in [6, 6.07) is 3.65. The third-order valence-electron chi connectivity index (χ3n) is 3.34. The highest BCUT2D eigenvalue weighted by Gasteiger charge is 2.33. The van der Waals surface area contributed by atoms with Crippen molar-refractivity contribution < 1.29 is 22.7 Å². The predicted octanol–water partition coefficient (Wildman–Crippen LogP) is 2.33. The zero-order valence-electron chi connectivity index (χ0n) is 11.6. The van der Waals surface area contributed by atoms with Gasteiger partial charge in [0.15, 0.2) is 0 Å². The van der Waals surface area contributed by atoms with Crippen LogP contribution < -0.4 is 10.6 Å². The second-order valence-electron chi connectivity index (χ2n) is 4.95. The summed E-state index contributed by atoms with van der Waals surface area (Å²) in [5.41, 5.74) is -0.530. The molecule has 7 heteroatoms. The molecule has 1 aliphatic heterocycles. The fourth-order valence-electron chi connectivity index (χ4n) is 2.25. The van der Waals surface area contributed by atoms with Gasteiger partial charge in [-0.2, -0.15) is 13.2 Å². The lowest BCUT2D eigenvalue weighted by Crippen LogP contribution is -2.43. The number of benzene rings is 1. The van der Waals surface area contributed by atoms with Crippen molar-refractivity contribution in [1.29, 1.82) is 0 Å². The molecule has 1 amide bonds. The van der Waals surface area contributed by atoms with Gasteiger partial charge >= 0.3 is 6.18 Å². The molecular formula is C14H17F3N2O2. The van der Waals surface area contributed by atoms with Crippen LogP contribution in [0.25, 0.3) is 0 Å². The van der Waals surface area contributed by atoms with Gasteiger partial charge in [0.1, 0.15) is 0 Å². The van der Waals surface area contributed by atoms with Gasteiger partial charge < -0.3 is 15.4 Å². The highest BCUT2D eigenvalue weighted by molar-refractivity contribution is 5.92. The van der Waals surface area contributed by atoms with E-state index >= 15 is 0 Å². The Hall–Kier alpha value is -1.60. The number of hydrogen-bond acceptors (Lipinski definition) is 3. The van der Waals surface area contributed by atoms with Crippen LogP contribution in [0.2, 0.25) is 0 Å². The maximum Gasteiger partial charge on any atom is 0.416 e. The molecule has 1 fully saturated rings. The van der Waals surface area contributed by atoms with E-state index in [1.165, 1.54) is 19.1 Å². The number of carbonyl (C=O) groups is 1. The normalized spacial score (nSPS) is 19.3. The number of rotatable bonds is 3. The minimum absolute atomic E-state index is 0.0196. The van der Waals surface area contributed by atoms with Crippen LogP contribution in [0.1, 0.15) is 17.5 Å². The second kappa shape index (κ2) is 6.44. The average Bonchev–Trinajstić information content (AvgIpc) is 2.41. The highest BCUT2D eigenvalue weighted by Crippen LogP contribution is 2.34. The molecule has 1 aliphatic rings. The number of amides is 1. The molecule has 1 heterocycles. The van der Waals surface area contributed by atoms with E-state index in [4.69, 9.17) is 4.74 Å². The third kappa shape index (κ3) is 4.18. The molecule has 116 valence electrons. The summed E-state index contributed by atoms with van der Waals surface area (Å²) in [4.78, 5) is 11.9. The van der Waals surface area contributed by atoms with Gasteiger partial charge in [-0.15, -0.1) is 0 Å². The molecule has 0 bridgehead atoms. The van der Waals surface area contributed by atoms with E-state index in [2.05, 4.69) is 10.6 Å². The average molecular weight is 302 g/mol. The highest BCUT2D eigenvalue weighted by atomic mass is 19.4. The zero-order chi connectivity index (χ0) is 15.5. The molecule has 21 heavy (non-hydrogen) atoms. The van der Waals surface area contributed by atoms with Crippen LogP contribution in [0.5, 0.6) is 0 Å². The molecule has 1 atom stereocenters. The Kier molecular flexibility index (Phi) is 4.84. The summed E-state index contributed by atoms with van der Waals surface area (Å²) in [7, 11) is 0. The number of ether oxygens (including phenoxy) is 1. The van der Waals surface area contributed by atoms with E-state index in [1.807, 2.05) is 0 Å². The summed E-state index contributed by atoms with van der Waals surface area (Å²) in [5.74, 6) is -0.333. The Morgan fingerprint density at radius 1 is 1.48 bits per heavy atom. The Labute approximate surface area is 120 Å². The number of anilines is 1. The van der Waals surface area contributed by atoms with Crippen molar-refractivity contribution in [3.05, 3.63) is 29.3 Å². The van der Waals surface area contributed by atoms with Gasteiger partial charge in [-0.25, -0.2) is 0 Å². The first kappa shape index (κ1) is 15.8. The van der Waals surface area contributed by atoms with Gasteiger partial charge in [-0.3, -0.25) is 4.79 Å². The topological polar surface area (TPSA) is 50.4 Å². The van der Waals surface area contributed by atoms with Crippen molar-refractivity contribution in [2.45, 2.75) is 25.6 Å². The minimum Gasteiger partial charge on any atom is -0.378 e. The molecule has 1 aromatic rings. The molecule has 1 unspecified atom stereocenters. The van der Waals surface area contributed by atoms with E-state index in [0.717, 1.165) is 6.07 Å².